The number of nitrogens with zero attached hydrogens (tertiary/aromatic N) is 3. The van der Waals surface area contributed by atoms with Gasteiger partial charge in [0, 0.05) is 18.0 Å². The predicted octanol–water partition coefficient (Wildman–Crippen LogP) is 6.23. The Kier molecular flexibility index (Phi) is 8.08. The molecular formula is C26H32ClN3O2. The van der Waals surface area contributed by atoms with E-state index in [0.717, 1.165) is 31.2 Å². The summed E-state index contributed by atoms with van der Waals surface area (Å²) in [5.74, 6) is 0.613. The van der Waals surface area contributed by atoms with Crippen molar-refractivity contribution < 1.29 is 4.79 Å². The number of hydrogen-bond donors (Lipinski definition) is 0. The molecule has 3 aromatic rings. The Morgan fingerprint density at radius 1 is 1.09 bits per heavy atom. The van der Waals surface area contributed by atoms with Crippen LogP contribution in [0.25, 0.3) is 16.6 Å². The van der Waals surface area contributed by atoms with Crippen molar-refractivity contribution in [2.75, 3.05) is 6.54 Å². The van der Waals surface area contributed by atoms with E-state index in [0.29, 0.717) is 40.4 Å². The third-order valence-electron chi connectivity index (χ3n) is 6.00. The molecule has 0 aliphatic heterocycles. The van der Waals surface area contributed by atoms with Crippen LogP contribution in [-0.2, 0) is 4.79 Å². The van der Waals surface area contributed by atoms with Crippen molar-refractivity contribution in [1.29, 1.82) is 0 Å². The summed E-state index contributed by atoms with van der Waals surface area (Å²) in [5.41, 5.74) is 1.97. The maximum atomic E-state index is 13.7. The number of amides is 1. The monoisotopic (exact) mass is 453 g/mol. The minimum Gasteiger partial charge on any atom is -0.333 e. The Morgan fingerprint density at radius 3 is 2.56 bits per heavy atom. The number of fused-ring (bicyclic) bond motifs is 1. The molecule has 1 atom stereocenters. The van der Waals surface area contributed by atoms with Gasteiger partial charge in [0.2, 0.25) is 5.91 Å². The summed E-state index contributed by atoms with van der Waals surface area (Å²) >= 11 is 6.40. The van der Waals surface area contributed by atoms with Crippen LogP contribution in [0.3, 0.4) is 0 Å². The Bertz CT molecular complexity index is 1160. The maximum Gasteiger partial charge on any atom is 0.266 e. The zero-order valence-electron chi connectivity index (χ0n) is 19.4. The van der Waals surface area contributed by atoms with Crippen LogP contribution in [0.2, 0.25) is 5.02 Å². The number of carbonyl (C=O) groups is 1. The van der Waals surface area contributed by atoms with Crippen molar-refractivity contribution in [3.63, 3.8) is 0 Å². The molecule has 0 fully saturated rings. The minimum absolute atomic E-state index is 0.0609. The standard InChI is InChI=1S/C26H32ClN3O2/c1-5-7-8-11-17-29(24(31)6-2)19(4)25-28-22-15-10-9-13-20(22)26(32)30(25)23-16-12-14-21(27)18(23)3/h9-10,12-16,19H,5-8,11,17H2,1-4H3. The highest BCUT2D eigenvalue weighted by Gasteiger charge is 2.26. The Morgan fingerprint density at radius 2 is 1.84 bits per heavy atom. The smallest absolute Gasteiger partial charge is 0.266 e. The lowest BCUT2D eigenvalue weighted by atomic mass is 10.1. The molecular weight excluding hydrogens is 422 g/mol. The molecule has 32 heavy (non-hydrogen) atoms. The van der Waals surface area contributed by atoms with Crippen LogP contribution in [0.15, 0.2) is 47.3 Å². The first-order chi connectivity index (χ1) is 15.4. The molecule has 170 valence electrons. The molecule has 1 aromatic heterocycles. The summed E-state index contributed by atoms with van der Waals surface area (Å²) in [6, 6.07) is 12.5. The summed E-state index contributed by atoms with van der Waals surface area (Å²) in [6.07, 6.45) is 4.69. The summed E-state index contributed by atoms with van der Waals surface area (Å²) in [5, 5.41) is 1.13. The molecule has 0 saturated carbocycles. The van der Waals surface area contributed by atoms with Gasteiger partial charge in [-0.05, 0) is 50.1 Å². The number of benzene rings is 2. The van der Waals surface area contributed by atoms with E-state index in [1.54, 1.807) is 10.6 Å². The molecule has 0 N–H and O–H groups in total. The maximum absolute atomic E-state index is 13.7. The molecule has 0 spiro atoms. The van der Waals surface area contributed by atoms with Gasteiger partial charge in [-0.15, -0.1) is 0 Å². The fourth-order valence-electron chi connectivity index (χ4n) is 4.09. The zero-order chi connectivity index (χ0) is 23.3. The largest absolute Gasteiger partial charge is 0.333 e. The van der Waals surface area contributed by atoms with E-state index in [1.807, 2.05) is 62.1 Å². The lowest BCUT2D eigenvalue weighted by Crippen LogP contribution is -2.38. The van der Waals surface area contributed by atoms with Gasteiger partial charge >= 0.3 is 0 Å². The molecule has 1 heterocycles. The molecule has 0 radical (unpaired) electrons. The van der Waals surface area contributed by atoms with Crippen molar-refractivity contribution in [2.45, 2.75) is 65.8 Å². The topological polar surface area (TPSA) is 55.2 Å². The Hall–Kier alpha value is -2.66. The highest BCUT2D eigenvalue weighted by Crippen LogP contribution is 2.27. The van der Waals surface area contributed by atoms with Crippen molar-refractivity contribution in [3.05, 3.63) is 69.2 Å². The predicted molar refractivity (Wildman–Crippen MR) is 132 cm³/mol. The van der Waals surface area contributed by atoms with Crippen LogP contribution in [0.5, 0.6) is 0 Å². The van der Waals surface area contributed by atoms with Gasteiger partial charge in [0.25, 0.3) is 5.56 Å². The molecule has 2 aromatic carbocycles. The average Bonchev–Trinajstić information content (AvgIpc) is 2.80. The number of hydrogen-bond acceptors (Lipinski definition) is 3. The molecule has 3 rings (SSSR count). The van der Waals surface area contributed by atoms with E-state index < -0.39 is 0 Å². The summed E-state index contributed by atoms with van der Waals surface area (Å²) in [4.78, 5) is 33.3. The van der Waals surface area contributed by atoms with Crippen LogP contribution in [-0.4, -0.2) is 26.9 Å². The first kappa shape index (κ1) is 24.0. The second-order valence-electron chi connectivity index (χ2n) is 8.19. The normalized spacial score (nSPS) is 12.2. The lowest BCUT2D eigenvalue weighted by Gasteiger charge is -2.31. The average molecular weight is 454 g/mol. The SMILES string of the molecule is CCCCCCN(C(=O)CC)C(C)c1nc2ccccc2c(=O)n1-c1cccc(Cl)c1C. The van der Waals surface area contributed by atoms with Crippen molar-refractivity contribution in [1.82, 2.24) is 14.5 Å². The molecule has 6 heteroatoms. The summed E-state index contributed by atoms with van der Waals surface area (Å²) in [6.45, 7) is 8.54. The second kappa shape index (κ2) is 10.8. The summed E-state index contributed by atoms with van der Waals surface area (Å²) in [7, 11) is 0. The van der Waals surface area contributed by atoms with Gasteiger partial charge in [-0.3, -0.25) is 14.2 Å². The van der Waals surface area contributed by atoms with E-state index in [-0.39, 0.29) is 17.5 Å². The van der Waals surface area contributed by atoms with Crippen LogP contribution in [0.1, 0.15) is 70.3 Å². The van der Waals surface area contributed by atoms with Crippen LogP contribution < -0.4 is 5.56 Å². The minimum atomic E-state index is -0.361. The van der Waals surface area contributed by atoms with Crippen molar-refractivity contribution >= 4 is 28.4 Å². The van der Waals surface area contributed by atoms with E-state index in [9.17, 15) is 9.59 Å². The number of para-hydroxylation sites is 1. The summed E-state index contributed by atoms with van der Waals surface area (Å²) < 4.78 is 1.64. The van der Waals surface area contributed by atoms with E-state index >= 15 is 0 Å². The van der Waals surface area contributed by atoms with Crippen LogP contribution in [0, 0.1) is 6.92 Å². The van der Waals surface area contributed by atoms with Gasteiger partial charge in [0.05, 0.1) is 22.6 Å². The van der Waals surface area contributed by atoms with Gasteiger partial charge in [-0.25, -0.2) is 4.98 Å². The third kappa shape index (κ3) is 4.88. The first-order valence-electron chi connectivity index (χ1n) is 11.5. The number of carbonyl (C=O) groups excluding carboxylic acids is 1. The lowest BCUT2D eigenvalue weighted by molar-refractivity contribution is -0.133. The van der Waals surface area contributed by atoms with E-state index in [1.165, 1.54) is 0 Å². The van der Waals surface area contributed by atoms with Gasteiger partial charge in [0.15, 0.2) is 0 Å². The Balaban J connectivity index is 2.20. The van der Waals surface area contributed by atoms with E-state index in [4.69, 9.17) is 16.6 Å². The number of aromatic nitrogens is 2. The third-order valence-corrected chi connectivity index (χ3v) is 6.41. The molecule has 0 saturated heterocycles. The molecule has 0 aliphatic carbocycles. The van der Waals surface area contributed by atoms with Crippen LogP contribution in [0.4, 0.5) is 0 Å². The molecule has 1 amide bonds. The molecule has 0 bridgehead atoms. The number of rotatable bonds is 9. The molecule has 1 unspecified atom stereocenters. The molecule has 0 aliphatic rings. The van der Waals surface area contributed by atoms with Crippen molar-refractivity contribution in [2.24, 2.45) is 0 Å². The fraction of sp³-hybridized carbons (Fsp3) is 0.423. The quantitative estimate of drug-likeness (QED) is 0.361. The number of halogens is 1. The number of unbranched alkanes of at least 4 members (excludes halogenated alkanes) is 3. The first-order valence-corrected chi connectivity index (χ1v) is 11.8. The molecule has 5 nitrogen and oxygen atoms in total. The highest BCUT2D eigenvalue weighted by atomic mass is 35.5. The zero-order valence-corrected chi connectivity index (χ0v) is 20.2. The Labute approximate surface area is 195 Å². The van der Waals surface area contributed by atoms with Crippen LogP contribution >= 0.6 is 11.6 Å². The highest BCUT2D eigenvalue weighted by molar-refractivity contribution is 6.31. The van der Waals surface area contributed by atoms with Gasteiger partial charge < -0.3 is 4.90 Å². The van der Waals surface area contributed by atoms with Gasteiger partial charge in [-0.1, -0.05) is 62.9 Å². The van der Waals surface area contributed by atoms with E-state index in [2.05, 4.69) is 6.92 Å². The van der Waals surface area contributed by atoms with Gasteiger partial charge in [0.1, 0.15) is 5.82 Å². The van der Waals surface area contributed by atoms with Gasteiger partial charge in [-0.2, -0.15) is 0 Å². The second-order valence-corrected chi connectivity index (χ2v) is 8.60. The van der Waals surface area contributed by atoms with Crippen molar-refractivity contribution in [3.8, 4) is 5.69 Å². The fourth-order valence-corrected chi connectivity index (χ4v) is 4.26.